The van der Waals surface area contributed by atoms with Crippen molar-refractivity contribution in [3.63, 3.8) is 0 Å². The maximum Gasteiger partial charge on any atom is 0.169 e. The minimum Gasteiger partial charge on any atom is -0.393 e. The monoisotopic (exact) mass is 234 g/mol. The Hall–Kier alpha value is -1.67. The molecule has 0 amide bonds. The van der Waals surface area contributed by atoms with Crippen LogP contribution in [-0.4, -0.2) is 35.0 Å². The van der Waals surface area contributed by atoms with Crippen molar-refractivity contribution in [3.8, 4) is 6.07 Å². The third-order valence-corrected chi connectivity index (χ3v) is 2.79. The Morgan fingerprint density at radius 2 is 2.06 bits per heavy atom. The summed E-state index contributed by atoms with van der Waals surface area (Å²) in [4.78, 5) is 1.85. The fourth-order valence-electron chi connectivity index (χ4n) is 1.48. The zero-order valence-electron chi connectivity index (χ0n) is 10.7. The molecule has 0 fully saturated rings. The fraction of sp³-hybridized carbons (Fsp3) is 0.583. The van der Waals surface area contributed by atoms with Gasteiger partial charge in [0.15, 0.2) is 5.82 Å². The van der Waals surface area contributed by atoms with Gasteiger partial charge in [-0.3, -0.25) is 0 Å². The maximum absolute atomic E-state index is 9.25. The van der Waals surface area contributed by atoms with Crippen LogP contribution in [0.1, 0.15) is 30.2 Å². The Bertz CT molecular complexity index is 437. The van der Waals surface area contributed by atoms with Crippen LogP contribution >= 0.6 is 0 Å². The second kappa shape index (κ2) is 5.60. The molecule has 0 aliphatic heterocycles. The molecule has 0 radical (unpaired) electrons. The van der Waals surface area contributed by atoms with E-state index in [-0.39, 0.29) is 6.10 Å². The van der Waals surface area contributed by atoms with Crippen molar-refractivity contribution in [3.05, 3.63) is 16.8 Å². The van der Waals surface area contributed by atoms with Crippen molar-refractivity contribution in [1.29, 1.82) is 5.26 Å². The molecule has 1 rings (SSSR count). The van der Waals surface area contributed by atoms with Gasteiger partial charge in [-0.25, -0.2) is 0 Å². The summed E-state index contributed by atoms with van der Waals surface area (Å²) in [6.07, 6.45) is 0.276. The van der Waals surface area contributed by atoms with Crippen LogP contribution in [0, 0.1) is 25.2 Å². The number of aromatic nitrogens is 2. The minimum atomic E-state index is -0.359. The Kier molecular flexibility index (Phi) is 4.41. The summed E-state index contributed by atoms with van der Waals surface area (Å²) in [5, 5.41) is 26.5. The molecule has 0 bridgehead atoms. The van der Waals surface area contributed by atoms with E-state index < -0.39 is 0 Å². The predicted octanol–water partition coefficient (Wildman–Crippen LogP) is 1.17. The van der Waals surface area contributed by atoms with Gasteiger partial charge in [0.25, 0.3) is 0 Å². The van der Waals surface area contributed by atoms with Gasteiger partial charge in [0.1, 0.15) is 11.6 Å². The first-order chi connectivity index (χ1) is 7.97. The van der Waals surface area contributed by atoms with E-state index in [1.807, 2.05) is 25.8 Å². The molecule has 5 nitrogen and oxygen atoms in total. The highest BCUT2D eigenvalue weighted by molar-refractivity contribution is 5.57. The van der Waals surface area contributed by atoms with Crippen LogP contribution in [0.2, 0.25) is 0 Å². The molecule has 0 aliphatic rings. The number of aryl methyl sites for hydroxylation is 1. The van der Waals surface area contributed by atoms with Crippen molar-refractivity contribution in [2.75, 3.05) is 18.5 Å². The molecule has 1 unspecified atom stereocenters. The van der Waals surface area contributed by atoms with E-state index in [1.54, 1.807) is 6.92 Å². The van der Waals surface area contributed by atoms with Crippen molar-refractivity contribution < 1.29 is 5.11 Å². The zero-order valence-corrected chi connectivity index (χ0v) is 10.7. The standard InChI is InChI=1S/C12H18N4O/c1-8(17)5-6-16(4)12-11(7-13)9(2)10(3)14-15-12/h8,17H,5-6H2,1-4H3. The lowest BCUT2D eigenvalue weighted by Crippen LogP contribution is -2.24. The molecule has 0 saturated carbocycles. The number of hydrogen-bond donors (Lipinski definition) is 1. The molecule has 1 N–H and O–H groups in total. The Labute approximate surface area is 102 Å². The van der Waals surface area contributed by atoms with E-state index in [2.05, 4.69) is 16.3 Å². The lowest BCUT2D eigenvalue weighted by atomic mass is 10.1. The van der Waals surface area contributed by atoms with E-state index in [0.29, 0.717) is 24.3 Å². The van der Waals surface area contributed by atoms with Crippen LogP contribution in [0.5, 0.6) is 0 Å². The van der Waals surface area contributed by atoms with E-state index >= 15 is 0 Å². The van der Waals surface area contributed by atoms with Crippen LogP contribution in [0.4, 0.5) is 5.82 Å². The van der Waals surface area contributed by atoms with Crippen molar-refractivity contribution in [1.82, 2.24) is 10.2 Å². The molecule has 1 heterocycles. The highest BCUT2D eigenvalue weighted by Crippen LogP contribution is 2.20. The van der Waals surface area contributed by atoms with Crippen LogP contribution in [0.15, 0.2) is 0 Å². The van der Waals surface area contributed by atoms with E-state index in [4.69, 9.17) is 5.26 Å². The molecule has 5 heteroatoms. The summed E-state index contributed by atoms with van der Waals surface area (Å²) in [7, 11) is 1.85. The number of nitriles is 1. The van der Waals surface area contributed by atoms with Crippen molar-refractivity contribution in [2.45, 2.75) is 33.3 Å². The summed E-state index contributed by atoms with van der Waals surface area (Å²) in [5.41, 5.74) is 2.20. The van der Waals surface area contributed by atoms with Gasteiger partial charge in [0.05, 0.1) is 11.8 Å². The first-order valence-corrected chi connectivity index (χ1v) is 5.60. The van der Waals surface area contributed by atoms with Gasteiger partial charge in [-0.1, -0.05) is 0 Å². The minimum absolute atomic E-state index is 0.359. The average Bonchev–Trinajstić information content (AvgIpc) is 2.29. The highest BCUT2D eigenvalue weighted by Gasteiger charge is 2.14. The highest BCUT2D eigenvalue weighted by atomic mass is 16.3. The van der Waals surface area contributed by atoms with Crippen LogP contribution in [0.25, 0.3) is 0 Å². The van der Waals surface area contributed by atoms with Gasteiger partial charge < -0.3 is 10.0 Å². The summed E-state index contributed by atoms with van der Waals surface area (Å²) in [5.74, 6) is 0.580. The SMILES string of the molecule is Cc1nnc(N(C)CCC(C)O)c(C#N)c1C. The van der Waals surface area contributed by atoms with Gasteiger partial charge in [0.2, 0.25) is 0 Å². The smallest absolute Gasteiger partial charge is 0.169 e. The Morgan fingerprint density at radius 1 is 1.41 bits per heavy atom. The molecule has 92 valence electrons. The molecule has 1 aromatic heterocycles. The molecule has 0 aliphatic carbocycles. The van der Waals surface area contributed by atoms with Crippen molar-refractivity contribution >= 4 is 5.82 Å². The first kappa shape index (κ1) is 13.4. The lowest BCUT2D eigenvalue weighted by Gasteiger charge is -2.20. The van der Waals surface area contributed by atoms with Gasteiger partial charge in [-0.2, -0.15) is 10.4 Å². The molecule has 17 heavy (non-hydrogen) atoms. The predicted molar refractivity (Wildman–Crippen MR) is 65.8 cm³/mol. The summed E-state index contributed by atoms with van der Waals surface area (Å²) < 4.78 is 0. The molecule has 0 aromatic carbocycles. The molecular formula is C12H18N4O. The van der Waals surface area contributed by atoms with Crippen LogP contribution < -0.4 is 4.90 Å². The largest absolute Gasteiger partial charge is 0.393 e. The van der Waals surface area contributed by atoms with Gasteiger partial charge in [0, 0.05) is 13.6 Å². The van der Waals surface area contributed by atoms with E-state index in [9.17, 15) is 5.11 Å². The average molecular weight is 234 g/mol. The maximum atomic E-state index is 9.25. The number of aliphatic hydroxyl groups excluding tert-OH is 1. The van der Waals surface area contributed by atoms with Crippen molar-refractivity contribution in [2.24, 2.45) is 0 Å². The number of anilines is 1. The second-order valence-corrected chi connectivity index (χ2v) is 4.28. The summed E-state index contributed by atoms with van der Waals surface area (Å²) >= 11 is 0. The van der Waals surface area contributed by atoms with Gasteiger partial charge in [-0.05, 0) is 32.8 Å². The Morgan fingerprint density at radius 3 is 2.59 bits per heavy atom. The quantitative estimate of drug-likeness (QED) is 0.846. The van der Waals surface area contributed by atoms with Gasteiger partial charge in [-0.15, -0.1) is 5.10 Å². The first-order valence-electron chi connectivity index (χ1n) is 5.60. The van der Waals surface area contributed by atoms with Gasteiger partial charge >= 0.3 is 0 Å². The lowest BCUT2D eigenvalue weighted by molar-refractivity contribution is 0.187. The summed E-state index contributed by atoms with van der Waals surface area (Å²) in [6, 6.07) is 2.17. The number of nitrogens with zero attached hydrogens (tertiary/aromatic N) is 4. The molecule has 1 aromatic rings. The van der Waals surface area contributed by atoms with E-state index in [1.165, 1.54) is 0 Å². The summed E-state index contributed by atoms with van der Waals surface area (Å²) in [6.45, 7) is 6.09. The molecule has 1 atom stereocenters. The number of aliphatic hydroxyl groups is 1. The third-order valence-electron chi connectivity index (χ3n) is 2.79. The second-order valence-electron chi connectivity index (χ2n) is 4.28. The van der Waals surface area contributed by atoms with Crippen LogP contribution in [0.3, 0.4) is 0 Å². The Balaban J connectivity index is 2.98. The van der Waals surface area contributed by atoms with E-state index in [0.717, 1.165) is 11.3 Å². The third kappa shape index (κ3) is 3.14. The fourth-order valence-corrected chi connectivity index (χ4v) is 1.48. The normalized spacial score (nSPS) is 12.0. The van der Waals surface area contributed by atoms with Crippen LogP contribution in [-0.2, 0) is 0 Å². The zero-order chi connectivity index (χ0) is 13.0. The molecule has 0 saturated heterocycles. The number of hydrogen-bond acceptors (Lipinski definition) is 5. The number of rotatable bonds is 4. The molecule has 0 spiro atoms. The topological polar surface area (TPSA) is 73.0 Å². The molecular weight excluding hydrogens is 216 g/mol.